The average Bonchev–Trinajstić information content (AvgIpc) is 3.04. The summed E-state index contributed by atoms with van der Waals surface area (Å²) in [7, 11) is 0. The molecular weight excluding hydrogens is 372 g/mol. The zero-order chi connectivity index (χ0) is 20.4. The second-order valence-corrected chi connectivity index (χ2v) is 6.61. The average molecular weight is 394 g/mol. The van der Waals surface area contributed by atoms with Crippen molar-refractivity contribution in [2.75, 3.05) is 6.54 Å². The fourth-order valence-electron chi connectivity index (χ4n) is 3.09. The van der Waals surface area contributed by atoms with Crippen LogP contribution in [0.5, 0.6) is 5.75 Å². The van der Waals surface area contributed by atoms with Gasteiger partial charge in [0.2, 0.25) is 12.2 Å². The van der Waals surface area contributed by atoms with E-state index in [1.807, 2.05) is 6.20 Å². The van der Waals surface area contributed by atoms with E-state index in [-0.39, 0.29) is 11.7 Å². The lowest BCUT2D eigenvalue weighted by atomic mass is 9.99. The van der Waals surface area contributed by atoms with Crippen molar-refractivity contribution in [2.24, 2.45) is 0 Å². The number of carbonyl (C=O) groups is 2. The quantitative estimate of drug-likeness (QED) is 0.368. The zero-order valence-corrected chi connectivity index (χ0v) is 15.0. The van der Waals surface area contributed by atoms with Gasteiger partial charge in [-0.05, 0) is 30.2 Å². The first-order valence-corrected chi connectivity index (χ1v) is 8.71. The van der Waals surface area contributed by atoms with E-state index in [0.717, 1.165) is 16.5 Å². The molecule has 2 aromatic rings. The second-order valence-electron chi connectivity index (χ2n) is 6.61. The lowest BCUT2D eigenvalue weighted by Crippen LogP contribution is -2.61. The number of hydrogen-bond donors (Lipinski definition) is 6. The summed E-state index contributed by atoms with van der Waals surface area (Å²) in [5.74, 6) is -1.32. The molecule has 28 heavy (non-hydrogen) atoms. The monoisotopic (exact) mass is 394 g/mol. The Morgan fingerprint density at radius 2 is 1.96 bits per heavy atom. The summed E-state index contributed by atoms with van der Waals surface area (Å²) in [6, 6.07) is 5.01. The molecule has 1 amide bonds. The Morgan fingerprint density at radius 3 is 2.64 bits per heavy atom. The molecule has 5 atom stereocenters. The Balaban J connectivity index is 1.77. The predicted octanol–water partition coefficient (Wildman–Crippen LogP) is -0.882. The van der Waals surface area contributed by atoms with Crippen LogP contribution in [0.3, 0.4) is 0 Å². The van der Waals surface area contributed by atoms with E-state index in [1.54, 1.807) is 18.2 Å². The van der Waals surface area contributed by atoms with Gasteiger partial charge >= 0.3 is 5.97 Å². The maximum atomic E-state index is 11.2. The van der Waals surface area contributed by atoms with Gasteiger partial charge in [-0.25, -0.2) is 4.79 Å². The van der Waals surface area contributed by atoms with Crippen molar-refractivity contribution in [3.8, 4) is 5.75 Å². The van der Waals surface area contributed by atoms with Crippen LogP contribution in [0.2, 0.25) is 0 Å². The van der Waals surface area contributed by atoms with Gasteiger partial charge in [-0.1, -0.05) is 0 Å². The number of hydrogen-bond acceptors (Lipinski definition) is 7. The molecule has 10 heteroatoms. The summed E-state index contributed by atoms with van der Waals surface area (Å²) in [4.78, 5) is 25.3. The van der Waals surface area contributed by atoms with Crippen LogP contribution in [0.1, 0.15) is 12.5 Å². The van der Waals surface area contributed by atoms with Crippen molar-refractivity contribution in [3.05, 3.63) is 30.0 Å². The lowest BCUT2D eigenvalue weighted by molar-refractivity contribution is -0.271. The van der Waals surface area contributed by atoms with E-state index >= 15 is 0 Å². The maximum Gasteiger partial charge on any atom is 0.335 e. The summed E-state index contributed by atoms with van der Waals surface area (Å²) in [6.45, 7) is 1.90. The van der Waals surface area contributed by atoms with Gasteiger partial charge in [0.25, 0.3) is 0 Å². The van der Waals surface area contributed by atoms with Crippen LogP contribution in [-0.2, 0) is 20.7 Å². The van der Waals surface area contributed by atoms with Crippen molar-refractivity contribution >= 4 is 22.8 Å². The Kier molecular flexibility index (Phi) is 5.84. The minimum atomic E-state index is -1.78. The number of amides is 1. The zero-order valence-electron chi connectivity index (χ0n) is 15.0. The molecule has 1 aliphatic rings. The Labute approximate surface area is 159 Å². The topological polar surface area (TPSA) is 161 Å². The molecule has 0 unspecified atom stereocenters. The SMILES string of the molecule is CC(=O)NCCc1c[nH]c2ccc(O[C@@H]3O[C@H](C(=O)O)[C@@H](O)[C@H](O)[C@H]3O)cc12. The number of carbonyl (C=O) groups excluding carboxylic acids is 1. The van der Waals surface area contributed by atoms with Gasteiger partial charge < -0.3 is 40.2 Å². The highest BCUT2D eigenvalue weighted by Gasteiger charge is 2.48. The van der Waals surface area contributed by atoms with Crippen molar-refractivity contribution in [3.63, 3.8) is 0 Å². The predicted molar refractivity (Wildman–Crippen MR) is 95.6 cm³/mol. The van der Waals surface area contributed by atoms with E-state index < -0.39 is 36.7 Å². The molecule has 3 rings (SSSR count). The maximum absolute atomic E-state index is 11.2. The molecule has 0 aliphatic carbocycles. The molecule has 1 aromatic heterocycles. The molecule has 1 aromatic carbocycles. The van der Waals surface area contributed by atoms with Gasteiger partial charge in [0.15, 0.2) is 6.10 Å². The smallest absolute Gasteiger partial charge is 0.335 e. The van der Waals surface area contributed by atoms with Gasteiger partial charge in [0.05, 0.1) is 0 Å². The van der Waals surface area contributed by atoms with Crippen LogP contribution in [-0.4, -0.2) is 74.5 Å². The Hall–Kier alpha value is -2.66. The standard InChI is InChI=1S/C18H22N2O8/c1-8(21)19-5-4-9-7-20-12-3-2-10(6-11(9)12)27-18-15(24)13(22)14(23)16(28-18)17(25)26/h2-3,6-7,13-16,18,20,22-24H,4-5H2,1H3,(H,19,21)(H,25,26)/t13-,14-,15+,16-,18+/m0/s1. The van der Waals surface area contributed by atoms with Crippen molar-refractivity contribution < 1.29 is 39.5 Å². The number of carboxylic acids is 1. The second kappa shape index (κ2) is 8.15. The lowest BCUT2D eigenvalue weighted by Gasteiger charge is -2.38. The third-order valence-corrected chi connectivity index (χ3v) is 4.57. The molecule has 1 fully saturated rings. The highest BCUT2D eigenvalue weighted by molar-refractivity contribution is 5.84. The number of benzene rings is 1. The van der Waals surface area contributed by atoms with Crippen LogP contribution >= 0.6 is 0 Å². The van der Waals surface area contributed by atoms with Crippen molar-refractivity contribution in [1.82, 2.24) is 10.3 Å². The van der Waals surface area contributed by atoms with E-state index in [0.29, 0.717) is 13.0 Å². The number of aliphatic hydroxyl groups excluding tert-OH is 3. The summed E-state index contributed by atoms with van der Waals surface area (Å²) < 4.78 is 10.7. The van der Waals surface area contributed by atoms with E-state index in [4.69, 9.17) is 14.6 Å². The van der Waals surface area contributed by atoms with Crippen molar-refractivity contribution in [1.29, 1.82) is 0 Å². The van der Waals surface area contributed by atoms with E-state index in [9.17, 15) is 24.9 Å². The van der Waals surface area contributed by atoms with Crippen LogP contribution in [0, 0.1) is 0 Å². The Morgan fingerprint density at radius 1 is 1.21 bits per heavy atom. The normalized spacial score (nSPS) is 27.5. The molecule has 152 valence electrons. The molecule has 6 N–H and O–H groups in total. The van der Waals surface area contributed by atoms with Gasteiger partial charge in [0.1, 0.15) is 24.1 Å². The van der Waals surface area contributed by atoms with Gasteiger partial charge in [-0.15, -0.1) is 0 Å². The fraction of sp³-hybridized carbons (Fsp3) is 0.444. The molecule has 1 saturated heterocycles. The highest BCUT2D eigenvalue weighted by atomic mass is 16.7. The largest absolute Gasteiger partial charge is 0.479 e. The summed E-state index contributed by atoms with van der Waals surface area (Å²) in [5.41, 5.74) is 1.76. The number of aromatic amines is 1. The fourth-order valence-corrected chi connectivity index (χ4v) is 3.09. The number of fused-ring (bicyclic) bond motifs is 1. The summed E-state index contributed by atoms with van der Waals surface area (Å²) in [5, 5.41) is 42.3. The third kappa shape index (κ3) is 4.09. The number of rotatable bonds is 6. The molecule has 0 bridgehead atoms. The number of nitrogens with one attached hydrogen (secondary N) is 2. The van der Waals surface area contributed by atoms with Crippen LogP contribution < -0.4 is 10.1 Å². The third-order valence-electron chi connectivity index (χ3n) is 4.57. The number of carboxylic acid groups (broad SMARTS) is 1. The Bertz CT molecular complexity index is 866. The van der Waals surface area contributed by atoms with Crippen LogP contribution in [0.4, 0.5) is 0 Å². The number of aliphatic carboxylic acids is 1. The van der Waals surface area contributed by atoms with Crippen molar-refractivity contribution in [2.45, 2.75) is 44.1 Å². The van der Waals surface area contributed by atoms with Crippen LogP contribution in [0.15, 0.2) is 24.4 Å². The highest BCUT2D eigenvalue weighted by Crippen LogP contribution is 2.28. The molecule has 10 nitrogen and oxygen atoms in total. The molecule has 2 heterocycles. The first kappa shape index (κ1) is 20.1. The summed E-state index contributed by atoms with van der Waals surface area (Å²) in [6.07, 6.45) is -5.96. The molecule has 0 spiro atoms. The molecule has 0 saturated carbocycles. The van der Waals surface area contributed by atoms with Crippen LogP contribution in [0.25, 0.3) is 10.9 Å². The number of H-pyrrole nitrogens is 1. The van der Waals surface area contributed by atoms with Gasteiger partial charge in [0, 0.05) is 30.6 Å². The van der Waals surface area contributed by atoms with E-state index in [2.05, 4.69) is 10.3 Å². The minimum absolute atomic E-state index is 0.124. The number of aromatic nitrogens is 1. The summed E-state index contributed by atoms with van der Waals surface area (Å²) >= 11 is 0. The molecule has 1 aliphatic heterocycles. The molecule has 0 radical (unpaired) electrons. The first-order chi connectivity index (χ1) is 13.3. The first-order valence-electron chi connectivity index (χ1n) is 8.71. The van der Waals surface area contributed by atoms with E-state index in [1.165, 1.54) is 6.92 Å². The van der Waals surface area contributed by atoms with Gasteiger partial charge in [-0.3, -0.25) is 4.79 Å². The molecular formula is C18H22N2O8. The minimum Gasteiger partial charge on any atom is -0.479 e. The van der Waals surface area contributed by atoms with Gasteiger partial charge in [-0.2, -0.15) is 0 Å². The number of ether oxygens (including phenoxy) is 2. The number of aliphatic hydroxyl groups is 3.